The lowest BCUT2D eigenvalue weighted by atomic mass is 10.1. The van der Waals surface area contributed by atoms with Crippen LogP contribution in [0.25, 0.3) is 22.4 Å². The summed E-state index contributed by atoms with van der Waals surface area (Å²) in [6.07, 6.45) is 4.54. The minimum absolute atomic E-state index is 0.686. The molecule has 0 aliphatic rings. The molecular formula is C15H15N3O. The Bertz CT molecular complexity index is 690. The van der Waals surface area contributed by atoms with Crippen LogP contribution < -0.4 is 5.32 Å². The largest absolute Gasteiger partial charge is 0.464 e. The molecule has 0 saturated carbocycles. The molecular weight excluding hydrogens is 238 g/mol. The number of benzene rings is 1. The van der Waals surface area contributed by atoms with Gasteiger partial charge in [-0.25, -0.2) is 9.97 Å². The van der Waals surface area contributed by atoms with Gasteiger partial charge in [0.1, 0.15) is 17.7 Å². The quantitative estimate of drug-likeness (QED) is 0.770. The van der Waals surface area contributed by atoms with Crippen LogP contribution in [-0.4, -0.2) is 16.5 Å². The maximum Gasteiger partial charge on any atom is 0.165 e. The van der Waals surface area contributed by atoms with Crippen LogP contribution in [0, 0.1) is 0 Å². The van der Waals surface area contributed by atoms with Crippen molar-refractivity contribution in [2.45, 2.75) is 13.3 Å². The lowest BCUT2D eigenvalue weighted by Crippen LogP contribution is -2.02. The molecule has 2 aromatic heterocycles. The summed E-state index contributed by atoms with van der Waals surface area (Å²) in [5.41, 5.74) is 1.78. The SMILES string of the molecule is CCCNc1ccnc(-c2coc3ccccc23)n1. The highest BCUT2D eigenvalue weighted by molar-refractivity contribution is 5.92. The zero-order valence-corrected chi connectivity index (χ0v) is 10.8. The van der Waals surface area contributed by atoms with Crippen molar-refractivity contribution >= 4 is 16.8 Å². The van der Waals surface area contributed by atoms with E-state index in [1.165, 1.54) is 0 Å². The summed E-state index contributed by atoms with van der Waals surface area (Å²) in [5.74, 6) is 1.53. The zero-order valence-electron chi connectivity index (χ0n) is 10.8. The third-order valence-electron chi connectivity index (χ3n) is 2.93. The Morgan fingerprint density at radius 2 is 2.11 bits per heavy atom. The molecule has 0 saturated heterocycles. The number of aromatic nitrogens is 2. The van der Waals surface area contributed by atoms with Gasteiger partial charge in [-0.05, 0) is 18.6 Å². The minimum Gasteiger partial charge on any atom is -0.464 e. The molecule has 0 atom stereocenters. The van der Waals surface area contributed by atoms with E-state index in [1.54, 1.807) is 12.5 Å². The third-order valence-corrected chi connectivity index (χ3v) is 2.93. The number of furan rings is 1. The molecule has 96 valence electrons. The summed E-state index contributed by atoms with van der Waals surface area (Å²) in [6.45, 7) is 3.03. The first-order chi connectivity index (χ1) is 9.38. The minimum atomic E-state index is 0.686. The van der Waals surface area contributed by atoms with Crippen LogP contribution in [0.2, 0.25) is 0 Å². The molecule has 0 bridgehead atoms. The molecule has 1 N–H and O–H groups in total. The highest BCUT2D eigenvalue weighted by atomic mass is 16.3. The Morgan fingerprint density at radius 1 is 1.21 bits per heavy atom. The second-order valence-corrected chi connectivity index (χ2v) is 4.34. The van der Waals surface area contributed by atoms with E-state index >= 15 is 0 Å². The van der Waals surface area contributed by atoms with Crippen LogP contribution in [0.3, 0.4) is 0 Å². The van der Waals surface area contributed by atoms with Gasteiger partial charge in [-0.1, -0.05) is 25.1 Å². The molecule has 0 aliphatic heterocycles. The predicted octanol–water partition coefficient (Wildman–Crippen LogP) is 3.71. The van der Waals surface area contributed by atoms with E-state index in [9.17, 15) is 0 Å². The number of anilines is 1. The topological polar surface area (TPSA) is 51.0 Å². The fourth-order valence-corrected chi connectivity index (χ4v) is 1.99. The van der Waals surface area contributed by atoms with E-state index in [1.807, 2.05) is 30.3 Å². The summed E-state index contributed by atoms with van der Waals surface area (Å²) < 4.78 is 5.52. The molecule has 4 heteroatoms. The Morgan fingerprint density at radius 3 is 3.00 bits per heavy atom. The van der Waals surface area contributed by atoms with E-state index in [0.29, 0.717) is 5.82 Å². The van der Waals surface area contributed by atoms with Crippen LogP contribution >= 0.6 is 0 Å². The molecule has 19 heavy (non-hydrogen) atoms. The molecule has 0 spiro atoms. The molecule has 0 aliphatic carbocycles. The Labute approximate surface area is 111 Å². The van der Waals surface area contributed by atoms with Crippen molar-refractivity contribution in [3.05, 3.63) is 42.8 Å². The molecule has 0 radical (unpaired) electrons. The first kappa shape index (κ1) is 11.7. The lowest BCUT2D eigenvalue weighted by molar-refractivity contribution is 0.616. The van der Waals surface area contributed by atoms with Crippen molar-refractivity contribution in [3.8, 4) is 11.4 Å². The molecule has 3 aromatic rings. The van der Waals surface area contributed by atoms with Crippen molar-refractivity contribution < 1.29 is 4.42 Å². The average molecular weight is 253 g/mol. The molecule has 3 rings (SSSR count). The third kappa shape index (κ3) is 2.29. The molecule has 0 unspecified atom stereocenters. The Hall–Kier alpha value is -2.36. The van der Waals surface area contributed by atoms with Crippen molar-refractivity contribution in [1.29, 1.82) is 0 Å². The summed E-state index contributed by atoms with van der Waals surface area (Å²) in [7, 11) is 0. The van der Waals surface area contributed by atoms with Gasteiger partial charge in [-0.2, -0.15) is 0 Å². The van der Waals surface area contributed by atoms with Gasteiger partial charge in [0, 0.05) is 18.1 Å². The average Bonchev–Trinajstić information content (AvgIpc) is 2.89. The fourth-order valence-electron chi connectivity index (χ4n) is 1.99. The van der Waals surface area contributed by atoms with Crippen LogP contribution in [0.4, 0.5) is 5.82 Å². The predicted molar refractivity (Wildman–Crippen MR) is 76.0 cm³/mol. The number of nitrogens with one attached hydrogen (secondary N) is 1. The van der Waals surface area contributed by atoms with Gasteiger partial charge in [0.25, 0.3) is 0 Å². The van der Waals surface area contributed by atoms with E-state index in [2.05, 4.69) is 22.2 Å². The molecule has 4 nitrogen and oxygen atoms in total. The summed E-state index contributed by atoms with van der Waals surface area (Å²) >= 11 is 0. The lowest BCUT2D eigenvalue weighted by Gasteiger charge is -2.04. The smallest absolute Gasteiger partial charge is 0.165 e. The summed E-state index contributed by atoms with van der Waals surface area (Å²) in [4.78, 5) is 8.85. The van der Waals surface area contributed by atoms with Crippen molar-refractivity contribution in [2.75, 3.05) is 11.9 Å². The first-order valence-electron chi connectivity index (χ1n) is 6.42. The standard InChI is InChI=1S/C15H15N3O/c1-2-8-16-14-7-9-17-15(18-14)12-10-19-13-6-4-3-5-11(12)13/h3-7,9-10H,2,8H2,1H3,(H,16,17,18). The van der Waals surface area contributed by atoms with Crippen LogP contribution in [0.1, 0.15) is 13.3 Å². The van der Waals surface area contributed by atoms with E-state index < -0.39 is 0 Å². The highest BCUT2D eigenvalue weighted by Crippen LogP contribution is 2.28. The molecule has 2 heterocycles. The summed E-state index contributed by atoms with van der Waals surface area (Å²) in [5, 5.41) is 4.30. The Kier molecular flexibility index (Phi) is 3.14. The van der Waals surface area contributed by atoms with Gasteiger partial charge >= 0.3 is 0 Å². The van der Waals surface area contributed by atoms with Gasteiger partial charge in [0.2, 0.25) is 0 Å². The zero-order chi connectivity index (χ0) is 13.1. The molecule has 0 amide bonds. The number of fused-ring (bicyclic) bond motifs is 1. The second-order valence-electron chi connectivity index (χ2n) is 4.34. The number of hydrogen-bond donors (Lipinski definition) is 1. The van der Waals surface area contributed by atoms with Crippen LogP contribution in [0.5, 0.6) is 0 Å². The number of hydrogen-bond acceptors (Lipinski definition) is 4. The van der Waals surface area contributed by atoms with Crippen molar-refractivity contribution in [3.63, 3.8) is 0 Å². The van der Waals surface area contributed by atoms with Gasteiger partial charge in [0.05, 0.1) is 5.56 Å². The molecule has 0 fully saturated rings. The number of nitrogens with zero attached hydrogens (tertiary/aromatic N) is 2. The normalized spacial score (nSPS) is 10.8. The van der Waals surface area contributed by atoms with Crippen LogP contribution in [0.15, 0.2) is 47.2 Å². The van der Waals surface area contributed by atoms with Crippen molar-refractivity contribution in [2.24, 2.45) is 0 Å². The van der Waals surface area contributed by atoms with Gasteiger partial charge in [-0.3, -0.25) is 0 Å². The first-order valence-corrected chi connectivity index (χ1v) is 6.42. The number of para-hydroxylation sites is 1. The monoisotopic (exact) mass is 253 g/mol. The van der Waals surface area contributed by atoms with E-state index in [0.717, 1.165) is 35.3 Å². The van der Waals surface area contributed by atoms with E-state index in [-0.39, 0.29) is 0 Å². The summed E-state index contributed by atoms with van der Waals surface area (Å²) in [6, 6.07) is 9.78. The van der Waals surface area contributed by atoms with Crippen LogP contribution in [-0.2, 0) is 0 Å². The highest BCUT2D eigenvalue weighted by Gasteiger charge is 2.10. The van der Waals surface area contributed by atoms with Crippen molar-refractivity contribution in [1.82, 2.24) is 9.97 Å². The van der Waals surface area contributed by atoms with Gasteiger partial charge in [-0.15, -0.1) is 0 Å². The maximum absolute atomic E-state index is 5.52. The Balaban J connectivity index is 2.01. The second kappa shape index (κ2) is 5.10. The van der Waals surface area contributed by atoms with E-state index in [4.69, 9.17) is 4.42 Å². The maximum atomic E-state index is 5.52. The molecule has 1 aromatic carbocycles. The fraction of sp³-hybridized carbons (Fsp3) is 0.200. The van der Waals surface area contributed by atoms with Gasteiger partial charge in [0.15, 0.2) is 5.82 Å². The number of rotatable bonds is 4. The van der Waals surface area contributed by atoms with Gasteiger partial charge < -0.3 is 9.73 Å².